The Balaban J connectivity index is 1.98. The first kappa shape index (κ1) is 13.9. The molecule has 1 aromatic carbocycles. The molecule has 2 rings (SSSR count). The summed E-state index contributed by atoms with van der Waals surface area (Å²) in [5.41, 5.74) is 0.259. The van der Waals surface area contributed by atoms with E-state index in [0.717, 1.165) is 19.4 Å². The zero-order chi connectivity index (χ0) is 13.8. The SMILES string of the molecule is CCN(C(=O)CSc1ccccc1C(=O)O)C1CC1. The van der Waals surface area contributed by atoms with Gasteiger partial charge in [-0.25, -0.2) is 4.79 Å². The van der Waals surface area contributed by atoms with Gasteiger partial charge in [-0.15, -0.1) is 11.8 Å². The number of aromatic carboxylic acids is 1. The lowest BCUT2D eigenvalue weighted by Gasteiger charge is -2.20. The third-order valence-corrected chi connectivity index (χ3v) is 4.18. The van der Waals surface area contributed by atoms with Crippen LogP contribution in [-0.4, -0.2) is 40.2 Å². The van der Waals surface area contributed by atoms with Gasteiger partial charge >= 0.3 is 5.97 Å². The highest BCUT2D eigenvalue weighted by Gasteiger charge is 2.31. The molecule has 0 bridgehead atoms. The summed E-state index contributed by atoms with van der Waals surface area (Å²) < 4.78 is 0. The second-order valence-corrected chi connectivity index (χ2v) is 5.52. The standard InChI is InChI=1S/C14H17NO3S/c1-2-15(10-7-8-10)13(16)9-19-12-6-4-3-5-11(12)14(17)18/h3-6,10H,2,7-9H2,1H3,(H,17,18). The molecule has 1 saturated carbocycles. The Morgan fingerprint density at radius 2 is 2.05 bits per heavy atom. The van der Waals surface area contributed by atoms with Gasteiger partial charge in [0.25, 0.3) is 0 Å². The quantitative estimate of drug-likeness (QED) is 0.813. The van der Waals surface area contributed by atoms with Gasteiger partial charge in [0.05, 0.1) is 11.3 Å². The van der Waals surface area contributed by atoms with Crippen LogP contribution in [-0.2, 0) is 4.79 Å². The molecule has 0 aromatic heterocycles. The second-order valence-electron chi connectivity index (χ2n) is 4.50. The van der Waals surface area contributed by atoms with Crippen molar-refractivity contribution in [2.24, 2.45) is 0 Å². The lowest BCUT2D eigenvalue weighted by atomic mass is 10.2. The van der Waals surface area contributed by atoms with Crippen molar-refractivity contribution in [2.75, 3.05) is 12.3 Å². The largest absolute Gasteiger partial charge is 0.478 e. The summed E-state index contributed by atoms with van der Waals surface area (Å²) in [6.45, 7) is 2.71. The van der Waals surface area contributed by atoms with Crippen LogP contribution in [0.4, 0.5) is 0 Å². The molecule has 0 unspecified atom stereocenters. The maximum Gasteiger partial charge on any atom is 0.336 e. The van der Waals surface area contributed by atoms with Crippen LogP contribution in [0, 0.1) is 0 Å². The van der Waals surface area contributed by atoms with Gasteiger partial charge in [-0.3, -0.25) is 4.79 Å². The van der Waals surface area contributed by atoms with E-state index < -0.39 is 5.97 Å². The molecule has 1 amide bonds. The second kappa shape index (κ2) is 6.10. The number of carboxylic acid groups (broad SMARTS) is 1. The number of benzene rings is 1. The number of rotatable bonds is 6. The summed E-state index contributed by atoms with van der Waals surface area (Å²) in [7, 11) is 0. The first-order valence-electron chi connectivity index (χ1n) is 6.38. The molecule has 0 spiro atoms. The summed E-state index contributed by atoms with van der Waals surface area (Å²) in [5.74, 6) is -0.561. The van der Waals surface area contributed by atoms with Crippen LogP contribution in [0.15, 0.2) is 29.2 Å². The van der Waals surface area contributed by atoms with E-state index >= 15 is 0 Å². The van der Waals surface area contributed by atoms with Crippen molar-refractivity contribution in [1.29, 1.82) is 0 Å². The smallest absolute Gasteiger partial charge is 0.336 e. The number of carbonyl (C=O) groups excluding carboxylic acids is 1. The number of carboxylic acids is 1. The van der Waals surface area contributed by atoms with Crippen molar-refractivity contribution in [3.63, 3.8) is 0 Å². The van der Waals surface area contributed by atoms with Crippen molar-refractivity contribution in [2.45, 2.75) is 30.7 Å². The van der Waals surface area contributed by atoms with Crippen LogP contribution >= 0.6 is 11.8 Å². The molecule has 1 aliphatic carbocycles. The molecular formula is C14H17NO3S. The van der Waals surface area contributed by atoms with E-state index in [0.29, 0.717) is 16.7 Å². The zero-order valence-corrected chi connectivity index (χ0v) is 11.7. The summed E-state index contributed by atoms with van der Waals surface area (Å²) in [6.07, 6.45) is 2.19. The van der Waals surface area contributed by atoms with Gasteiger partial charge < -0.3 is 10.0 Å². The average Bonchev–Trinajstić information content (AvgIpc) is 3.22. The first-order valence-corrected chi connectivity index (χ1v) is 7.36. The number of carbonyl (C=O) groups is 2. The van der Waals surface area contributed by atoms with Crippen LogP contribution in [0.25, 0.3) is 0 Å². The Bertz CT molecular complexity index is 485. The minimum atomic E-state index is -0.954. The maximum atomic E-state index is 12.1. The molecule has 0 atom stereocenters. The van der Waals surface area contributed by atoms with Gasteiger partial charge in [0.1, 0.15) is 0 Å². The Morgan fingerprint density at radius 1 is 1.37 bits per heavy atom. The lowest BCUT2D eigenvalue weighted by molar-refractivity contribution is -0.128. The molecule has 102 valence electrons. The molecule has 19 heavy (non-hydrogen) atoms. The Hall–Kier alpha value is -1.49. The van der Waals surface area contributed by atoms with Crippen molar-refractivity contribution >= 4 is 23.6 Å². The van der Waals surface area contributed by atoms with Crippen molar-refractivity contribution in [3.8, 4) is 0 Å². The van der Waals surface area contributed by atoms with Gasteiger partial charge in [-0.2, -0.15) is 0 Å². The molecule has 1 aliphatic rings. The summed E-state index contributed by atoms with van der Waals surface area (Å²) in [5, 5.41) is 9.08. The fraction of sp³-hybridized carbons (Fsp3) is 0.429. The van der Waals surface area contributed by atoms with Crippen molar-refractivity contribution in [1.82, 2.24) is 4.90 Å². The van der Waals surface area contributed by atoms with E-state index in [2.05, 4.69) is 0 Å². The fourth-order valence-corrected chi connectivity index (χ4v) is 2.95. The van der Waals surface area contributed by atoms with E-state index in [9.17, 15) is 9.59 Å². The number of thioether (sulfide) groups is 1. The van der Waals surface area contributed by atoms with Gasteiger partial charge in [0, 0.05) is 17.5 Å². The lowest BCUT2D eigenvalue weighted by Crippen LogP contribution is -2.34. The van der Waals surface area contributed by atoms with Gasteiger partial charge in [0.15, 0.2) is 0 Å². The van der Waals surface area contributed by atoms with E-state index in [1.54, 1.807) is 24.3 Å². The highest BCUT2D eigenvalue weighted by molar-refractivity contribution is 8.00. The molecule has 1 aromatic rings. The third-order valence-electron chi connectivity index (χ3n) is 3.12. The van der Waals surface area contributed by atoms with Crippen molar-refractivity contribution < 1.29 is 14.7 Å². The summed E-state index contributed by atoms with van der Waals surface area (Å²) in [6, 6.07) is 7.20. The fourth-order valence-electron chi connectivity index (χ4n) is 2.02. The minimum absolute atomic E-state index is 0.0928. The normalized spacial score (nSPS) is 14.2. The molecular weight excluding hydrogens is 262 g/mol. The predicted octanol–water partition coefficient (Wildman–Crippen LogP) is 2.49. The molecule has 4 nitrogen and oxygen atoms in total. The molecule has 5 heteroatoms. The molecule has 1 N–H and O–H groups in total. The Labute approximate surface area is 116 Å². The molecule has 1 fully saturated rings. The zero-order valence-electron chi connectivity index (χ0n) is 10.8. The predicted molar refractivity (Wildman–Crippen MR) is 74.5 cm³/mol. The topological polar surface area (TPSA) is 57.6 Å². The minimum Gasteiger partial charge on any atom is -0.478 e. The van der Waals surface area contributed by atoms with Gasteiger partial charge in [0.2, 0.25) is 5.91 Å². The number of amides is 1. The number of nitrogens with zero attached hydrogens (tertiary/aromatic N) is 1. The van der Waals surface area contributed by atoms with Crippen molar-refractivity contribution in [3.05, 3.63) is 29.8 Å². The van der Waals surface area contributed by atoms with Gasteiger partial charge in [-0.1, -0.05) is 12.1 Å². The molecule has 0 aliphatic heterocycles. The van der Waals surface area contributed by atoms with Crippen LogP contribution in [0.3, 0.4) is 0 Å². The number of hydrogen-bond donors (Lipinski definition) is 1. The van der Waals surface area contributed by atoms with Gasteiger partial charge in [-0.05, 0) is 31.9 Å². The third kappa shape index (κ3) is 3.50. The number of hydrogen-bond acceptors (Lipinski definition) is 3. The van der Waals surface area contributed by atoms with Crippen LogP contribution in [0.5, 0.6) is 0 Å². The van der Waals surface area contributed by atoms with E-state index in [-0.39, 0.29) is 11.5 Å². The molecule has 0 heterocycles. The van der Waals surface area contributed by atoms with Crippen LogP contribution in [0.2, 0.25) is 0 Å². The summed E-state index contributed by atoms with van der Waals surface area (Å²) >= 11 is 1.30. The van der Waals surface area contributed by atoms with Crippen LogP contribution in [0.1, 0.15) is 30.1 Å². The average molecular weight is 279 g/mol. The monoisotopic (exact) mass is 279 g/mol. The van der Waals surface area contributed by atoms with E-state index in [1.165, 1.54) is 11.8 Å². The van der Waals surface area contributed by atoms with Crippen LogP contribution < -0.4 is 0 Å². The Kier molecular flexibility index (Phi) is 4.47. The Morgan fingerprint density at radius 3 is 2.63 bits per heavy atom. The highest BCUT2D eigenvalue weighted by Crippen LogP contribution is 2.28. The molecule has 0 radical (unpaired) electrons. The summed E-state index contributed by atoms with van der Waals surface area (Å²) in [4.78, 5) is 25.7. The first-order chi connectivity index (χ1) is 9.13. The maximum absolute atomic E-state index is 12.1. The highest BCUT2D eigenvalue weighted by atomic mass is 32.2. The van der Waals surface area contributed by atoms with E-state index in [1.807, 2.05) is 11.8 Å². The molecule has 0 saturated heterocycles. The van der Waals surface area contributed by atoms with E-state index in [4.69, 9.17) is 5.11 Å².